The van der Waals surface area contributed by atoms with E-state index in [0.717, 1.165) is 4.90 Å². The van der Waals surface area contributed by atoms with Gasteiger partial charge in [0.1, 0.15) is 6.04 Å². The first-order valence-corrected chi connectivity index (χ1v) is 6.99. The monoisotopic (exact) mass is 330 g/mol. The van der Waals surface area contributed by atoms with Crippen LogP contribution in [0.4, 0.5) is 0 Å². The molecule has 0 aromatic heterocycles. The van der Waals surface area contributed by atoms with Crippen LogP contribution in [0.25, 0.3) is 0 Å². The maximum absolute atomic E-state index is 11.3. The van der Waals surface area contributed by atoms with E-state index in [1.54, 1.807) is 6.92 Å². The number of aliphatic carboxylic acids is 3. The number of carboxylic acids is 3. The minimum atomic E-state index is -1.30. The molecule has 0 radical (unpaired) electrons. The number of carboxylic acid groups (broad SMARTS) is 3. The van der Waals surface area contributed by atoms with E-state index in [1.807, 2.05) is 0 Å². The smallest absolute Gasteiger partial charge is 0.320 e. The molecule has 0 rings (SSSR count). The summed E-state index contributed by atoms with van der Waals surface area (Å²) in [6, 6.07) is -1.21. The fourth-order valence-corrected chi connectivity index (χ4v) is 1.90. The molecule has 0 bridgehead atoms. The first-order valence-electron chi connectivity index (χ1n) is 6.99. The lowest BCUT2D eigenvalue weighted by molar-refractivity contribution is -0.149. The third kappa shape index (κ3) is 9.25. The van der Waals surface area contributed by atoms with Crippen molar-refractivity contribution in [2.24, 2.45) is 0 Å². The number of hydrogen-bond acceptors (Lipinski definition) is 5. The first-order chi connectivity index (χ1) is 10.6. The van der Waals surface area contributed by atoms with Gasteiger partial charge in [0, 0.05) is 12.1 Å². The molecule has 0 saturated heterocycles. The third-order valence-electron chi connectivity index (χ3n) is 2.98. The van der Waals surface area contributed by atoms with Gasteiger partial charge in [-0.15, -0.1) is 0 Å². The SMILES string of the molecule is C=C(C)C(=O)NCCCCC(C(=O)O)N(CC(=O)O)CC(=O)O. The molecule has 0 spiro atoms. The Morgan fingerprint density at radius 2 is 1.57 bits per heavy atom. The summed E-state index contributed by atoms with van der Waals surface area (Å²) in [5.41, 5.74) is 0.363. The van der Waals surface area contributed by atoms with Crippen molar-refractivity contribution in [2.45, 2.75) is 32.2 Å². The summed E-state index contributed by atoms with van der Waals surface area (Å²) < 4.78 is 0. The van der Waals surface area contributed by atoms with Gasteiger partial charge in [-0.3, -0.25) is 24.1 Å². The molecule has 0 aliphatic heterocycles. The highest BCUT2D eigenvalue weighted by Crippen LogP contribution is 2.09. The minimum absolute atomic E-state index is 0.0822. The van der Waals surface area contributed by atoms with Crippen LogP contribution in [-0.2, 0) is 19.2 Å². The molecule has 0 aliphatic rings. The molecule has 4 N–H and O–H groups in total. The molecule has 0 saturated carbocycles. The van der Waals surface area contributed by atoms with Crippen LogP contribution in [0.1, 0.15) is 26.2 Å². The molecular formula is C14H22N2O7. The molecule has 0 fully saturated rings. The van der Waals surface area contributed by atoms with Gasteiger partial charge in [0.25, 0.3) is 0 Å². The van der Waals surface area contributed by atoms with Gasteiger partial charge in [-0.1, -0.05) is 6.58 Å². The zero-order valence-corrected chi connectivity index (χ0v) is 12.9. The van der Waals surface area contributed by atoms with E-state index in [-0.39, 0.29) is 12.3 Å². The molecule has 9 nitrogen and oxygen atoms in total. The first kappa shape index (κ1) is 20.6. The summed E-state index contributed by atoms with van der Waals surface area (Å²) in [5, 5.41) is 29.3. The van der Waals surface area contributed by atoms with E-state index in [0.29, 0.717) is 25.0 Å². The van der Waals surface area contributed by atoms with Crippen LogP contribution < -0.4 is 5.32 Å². The van der Waals surface area contributed by atoms with Crippen LogP contribution in [-0.4, -0.2) is 69.7 Å². The molecule has 1 amide bonds. The third-order valence-corrected chi connectivity index (χ3v) is 2.98. The number of carbonyl (C=O) groups excluding carboxylic acids is 1. The quantitative estimate of drug-likeness (QED) is 0.284. The largest absolute Gasteiger partial charge is 0.480 e. The number of hydrogen-bond donors (Lipinski definition) is 4. The molecule has 9 heteroatoms. The number of carbonyl (C=O) groups is 4. The Morgan fingerprint density at radius 1 is 1.04 bits per heavy atom. The van der Waals surface area contributed by atoms with E-state index in [4.69, 9.17) is 10.2 Å². The van der Waals surface area contributed by atoms with Crippen LogP contribution in [0, 0.1) is 0 Å². The molecule has 23 heavy (non-hydrogen) atoms. The van der Waals surface area contributed by atoms with Gasteiger partial charge in [-0.25, -0.2) is 0 Å². The van der Waals surface area contributed by atoms with Crippen LogP contribution >= 0.6 is 0 Å². The summed E-state index contributed by atoms with van der Waals surface area (Å²) in [4.78, 5) is 44.9. The van der Waals surface area contributed by atoms with Crippen molar-refractivity contribution in [1.82, 2.24) is 10.2 Å². The number of nitrogens with zero attached hydrogens (tertiary/aromatic N) is 1. The maximum Gasteiger partial charge on any atom is 0.320 e. The summed E-state index contributed by atoms with van der Waals surface area (Å²) in [5.74, 6) is -4.17. The fraction of sp³-hybridized carbons (Fsp3) is 0.571. The summed E-state index contributed by atoms with van der Waals surface area (Å²) in [6.45, 7) is 4.02. The van der Waals surface area contributed by atoms with Gasteiger partial charge in [-0.2, -0.15) is 0 Å². The van der Waals surface area contributed by atoms with Gasteiger partial charge in [0.2, 0.25) is 5.91 Å². The number of unbranched alkanes of at least 4 members (excludes halogenated alkanes) is 1. The van der Waals surface area contributed by atoms with Gasteiger partial charge in [0.15, 0.2) is 0 Å². The Hall–Kier alpha value is -2.42. The Bertz CT molecular complexity index is 460. The molecule has 0 heterocycles. The lowest BCUT2D eigenvalue weighted by Gasteiger charge is -2.25. The van der Waals surface area contributed by atoms with E-state index in [2.05, 4.69) is 11.9 Å². The average Bonchev–Trinajstić information content (AvgIpc) is 2.39. The molecule has 1 atom stereocenters. The van der Waals surface area contributed by atoms with Crippen molar-refractivity contribution in [2.75, 3.05) is 19.6 Å². The zero-order valence-electron chi connectivity index (χ0n) is 12.9. The van der Waals surface area contributed by atoms with Gasteiger partial charge in [0.05, 0.1) is 13.1 Å². The molecule has 1 unspecified atom stereocenters. The highest BCUT2D eigenvalue weighted by Gasteiger charge is 2.28. The zero-order chi connectivity index (χ0) is 18.0. The van der Waals surface area contributed by atoms with E-state index in [9.17, 15) is 24.3 Å². The Balaban J connectivity index is 4.49. The molecular weight excluding hydrogens is 308 g/mol. The highest BCUT2D eigenvalue weighted by molar-refractivity contribution is 5.92. The van der Waals surface area contributed by atoms with Crippen LogP contribution in [0.3, 0.4) is 0 Å². The standard InChI is InChI=1S/C14H22N2O7/c1-9(2)13(21)15-6-4-3-5-10(14(22)23)16(7-11(17)18)8-12(19)20/h10H,1,3-8H2,2H3,(H,15,21)(H,17,18)(H,19,20)(H,22,23). The molecule has 0 aromatic carbocycles. The predicted molar refractivity (Wildman–Crippen MR) is 79.9 cm³/mol. The van der Waals surface area contributed by atoms with Crippen molar-refractivity contribution < 1.29 is 34.5 Å². The molecule has 130 valence electrons. The normalized spacial score (nSPS) is 11.7. The van der Waals surface area contributed by atoms with Crippen LogP contribution in [0.15, 0.2) is 12.2 Å². The second-order valence-corrected chi connectivity index (χ2v) is 5.08. The van der Waals surface area contributed by atoms with Crippen molar-refractivity contribution >= 4 is 23.8 Å². The van der Waals surface area contributed by atoms with Crippen molar-refractivity contribution in [1.29, 1.82) is 0 Å². The van der Waals surface area contributed by atoms with Crippen LogP contribution in [0.5, 0.6) is 0 Å². The fourth-order valence-electron chi connectivity index (χ4n) is 1.90. The van der Waals surface area contributed by atoms with Crippen molar-refractivity contribution in [3.63, 3.8) is 0 Å². The Kier molecular flexibility index (Phi) is 9.24. The predicted octanol–water partition coefficient (Wildman–Crippen LogP) is -0.227. The highest BCUT2D eigenvalue weighted by atomic mass is 16.4. The topological polar surface area (TPSA) is 144 Å². The minimum Gasteiger partial charge on any atom is -0.480 e. The van der Waals surface area contributed by atoms with Gasteiger partial charge in [-0.05, 0) is 26.2 Å². The second-order valence-electron chi connectivity index (χ2n) is 5.08. The van der Waals surface area contributed by atoms with Gasteiger partial charge >= 0.3 is 17.9 Å². The van der Waals surface area contributed by atoms with E-state index >= 15 is 0 Å². The van der Waals surface area contributed by atoms with E-state index < -0.39 is 37.0 Å². The van der Waals surface area contributed by atoms with E-state index in [1.165, 1.54) is 0 Å². The number of rotatable bonds is 12. The second kappa shape index (κ2) is 10.3. The maximum atomic E-state index is 11.3. The molecule has 0 aromatic rings. The van der Waals surface area contributed by atoms with Crippen molar-refractivity contribution in [3.05, 3.63) is 12.2 Å². The lowest BCUT2D eigenvalue weighted by atomic mass is 10.1. The van der Waals surface area contributed by atoms with Crippen LogP contribution in [0.2, 0.25) is 0 Å². The summed E-state index contributed by atoms with van der Waals surface area (Å²) in [6.07, 6.45) is 0.957. The summed E-state index contributed by atoms with van der Waals surface area (Å²) in [7, 11) is 0. The number of amides is 1. The molecule has 0 aliphatic carbocycles. The van der Waals surface area contributed by atoms with Gasteiger partial charge < -0.3 is 20.6 Å². The Morgan fingerprint density at radius 3 is 1.96 bits per heavy atom. The lowest BCUT2D eigenvalue weighted by Crippen LogP contribution is -2.46. The van der Waals surface area contributed by atoms with Crippen molar-refractivity contribution in [3.8, 4) is 0 Å². The summed E-state index contributed by atoms with van der Waals surface area (Å²) >= 11 is 0. The average molecular weight is 330 g/mol. The Labute approximate surface area is 133 Å². The number of nitrogens with one attached hydrogen (secondary N) is 1.